The number of hydrogen-bond donors (Lipinski definition) is 2. The summed E-state index contributed by atoms with van der Waals surface area (Å²) in [5, 5.41) is 1.75. The van der Waals surface area contributed by atoms with Crippen LogP contribution in [0.4, 0.5) is 13.6 Å². The van der Waals surface area contributed by atoms with E-state index in [1.165, 1.54) is 14.0 Å². The van der Waals surface area contributed by atoms with Gasteiger partial charge in [0.25, 0.3) is 5.91 Å². The summed E-state index contributed by atoms with van der Waals surface area (Å²) in [6.07, 6.45) is -1.29. The topological polar surface area (TPSA) is 117 Å². The molecule has 1 aromatic carbocycles. The molecule has 8 nitrogen and oxygen atoms in total. The summed E-state index contributed by atoms with van der Waals surface area (Å²) in [6.45, 7) is -1.83. The molecule has 0 bridgehead atoms. The average Bonchev–Trinajstić information content (AvgIpc) is 2.46. The van der Waals surface area contributed by atoms with Crippen LogP contribution in [0.5, 0.6) is 11.5 Å². The number of esters is 1. The highest BCUT2D eigenvalue weighted by Crippen LogP contribution is 2.29. The molecule has 0 aliphatic rings. The number of urea groups is 1. The zero-order valence-electron chi connectivity index (χ0n) is 12.2. The number of benzene rings is 1. The fourth-order valence-corrected chi connectivity index (χ4v) is 1.49. The number of carbonyl (C=O) groups excluding carboxylic acids is 3. The molecule has 0 fully saturated rings. The lowest BCUT2D eigenvalue weighted by molar-refractivity contribution is -0.127. The number of amides is 3. The van der Waals surface area contributed by atoms with Gasteiger partial charge in [-0.15, -0.1) is 0 Å². The lowest BCUT2D eigenvalue weighted by Crippen LogP contribution is -2.42. The van der Waals surface area contributed by atoms with Crippen molar-refractivity contribution in [2.75, 3.05) is 7.11 Å². The summed E-state index contributed by atoms with van der Waals surface area (Å²) in [5.41, 5.74) is 4.70. The molecule has 0 spiro atoms. The summed E-state index contributed by atoms with van der Waals surface area (Å²) >= 11 is 0. The van der Waals surface area contributed by atoms with Crippen LogP contribution in [0, 0.1) is 0 Å². The fraction of sp³-hybridized carbons (Fsp3) is 0.308. The predicted molar refractivity (Wildman–Crippen MR) is 72.2 cm³/mol. The van der Waals surface area contributed by atoms with Crippen molar-refractivity contribution in [2.24, 2.45) is 5.73 Å². The van der Waals surface area contributed by atoms with Crippen LogP contribution in [-0.4, -0.2) is 37.7 Å². The number of nitrogens with one attached hydrogen (secondary N) is 1. The Bertz CT molecular complexity index is 608. The van der Waals surface area contributed by atoms with Crippen molar-refractivity contribution in [3.05, 3.63) is 23.8 Å². The van der Waals surface area contributed by atoms with Gasteiger partial charge in [0, 0.05) is 0 Å². The molecule has 3 amide bonds. The Hall–Kier alpha value is -2.91. The maximum Gasteiger partial charge on any atom is 0.387 e. The number of alkyl halides is 2. The van der Waals surface area contributed by atoms with Gasteiger partial charge in [0.05, 0.1) is 12.7 Å². The largest absolute Gasteiger partial charge is 0.493 e. The highest BCUT2D eigenvalue weighted by Gasteiger charge is 2.21. The summed E-state index contributed by atoms with van der Waals surface area (Å²) in [4.78, 5) is 33.8. The van der Waals surface area contributed by atoms with E-state index >= 15 is 0 Å². The van der Waals surface area contributed by atoms with Crippen molar-refractivity contribution in [3.8, 4) is 11.5 Å². The molecule has 0 saturated carbocycles. The summed E-state index contributed by atoms with van der Waals surface area (Å²) in [5.74, 6) is -2.22. The molecule has 0 radical (unpaired) electrons. The first-order valence-electron chi connectivity index (χ1n) is 6.18. The Balaban J connectivity index is 2.84. The van der Waals surface area contributed by atoms with E-state index in [0.29, 0.717) is 0 Å². The summed E-state index contributed by atoms with van der Waals surface area (Å²) in [7, 11) is 1.20. The van der Waals surface area contributed by atoms with Crippen molar-refractivity contribution < 1.29 is 37.4 Å². The summed E-state index contributed by atoms with van der Waals surface area (Å²) < 4.78 is 38.3. The molecular formula is C13H14F2N2O6. The van der Waals surface area contributed by atoms with Crippen molar-refractivity contribution in [3.63, 3.8) is 0 Å². The van der Waals surface area contributed by atoms with Crippen molar-refractivity contribution in [2.45, 2.75) is 19.6 Å². The summed E-state index contributed by atoms with van der Waals surface area (Å²) in [6, 6.07) is 2.27. The molecule has 23 heavy (non-hydrogen) atoms. The van der Waals surface area contributed by atoms with E-state index in [4.69, 9.17) is 15.2 Å². The van der Waals surface area contributed by atoms with Crippen LogP contribution in [-0.2, 0) is 9.53 Å². The lowest BCUT2D eigenvalue weighted by atomic mass is 10.2. The minimum atomic E-state index is -3.06. The quantitative estimate of drug-likeness (QED) is 0.752. The van der Waals surface area contributed by atoms with Crippen molar-refractivity contribution in [1.82, 2.24) is 5.32 Å². The van der Waals surface area contributed by atoms with Gasteiger partial charge >= 0.3 is 18.6 Å². The SMILES string of the molecule is COc1cc(C(=O)O[C@H](C)C(=O)NC(N)=O)ccc1OC(F)F. The highest BCUT2D eigenvalue weighted by atomic mass is 19.3. The van der Waals surface area contributed by atoms with Crippen LogP contribution in [0.2, 0.25) is 0 Å². The molecule has 0 saturated heterocycles. The third-order valence-corrected chi connectivity index (χ3v) is 2.51. The number of nitrogens with two attached hydrogens (primary N) is 1. The average molecular weight is 332 g/mol. The number of halogens is 2. The van der Waals surface area contributed by atoms with E-state index in [1.54, 1.807) is 5.32 Å². The smallest absolute Gasteiger partial charge is 0.387 e. The Kier molecular flexibility index (Phi) is 6.24. The Morgan fingerprint density at radius 3 is 2.39 bits per heavy atom. The predicted octanol–water partition coefficient (Wildman–Crippen LogP) is 1.04. The fourth-order valence-electron chi connectivity index (χ4n) is 1.49. The molecule has 1 atom stereocenters. The van der Waals surface area contributed by atoms with Crippen LogP contribution in [0.3, 0.4) is 0 Å². The minimum Gasteiger partial charge on any atom is -0.493 e. The first-order chi connectivity index (χ1) is 10.7. The number of primary amides is 1. The van der Waals surface area contributed by atoms with Crippen LogP contribution in [0.1, 0.15) is 17.3 Å². The van der Waals surface area contributed by atoms with Crippen LogP contribution in [0.25, 0.3) is 0 Å². The van der Waals surface area contributed by atoms with E-state index in [-0.39, 0.29) is 17.1 Å². The second-order valence-corrected chi connectivity index (χ2v) is 4.15. The molecule has 0 aromatic heterocycles. The van der Waals surface area contributed by atoms with Gasteiger partial charge in [-0.3, -0.25) is 10.1 Å². The molecule has 0 heterocycles. The lowest BCUT2D eigenvalue weighted by Gasteiger charge is -2.14. The number of imide groups is 1. The Morgan fingerprint density at radius 2 is 1.87 bits per heavy atom. The minimum absolute atomic E-state index is 0.0674. The number of rotatable bonds is 6. The number of hydrogen-bond acceptors (Lipinski definition) is 6. The molecule has 0 aliphatic heterocycles. The Labute approximate surface area is 129 Å². The second-order valence-electron chi connectivity index (χ2n) is 4.15. The highest BCUT2D eigenvalue weighted by molar-refractivity contribution is 5.98. The van der Waals surface area contributed by atoms with Gasteiger partial charge in [0.1, 0.15) is 0 Å². The third-order valence-electron chi connectivity index (χ3n) is 2.51. The van der Waals surface area contributed by atoms with Gasteiger partial charge in [-0.05, 0) is 25.1 Å². The number of carbonyl (C=O) groups is 3. The molecule has 1 aromatic rings. The van der Waals surface area contributed by atoms with Crippen LogP contribution in [0.15, 0.2) is 18.2 Å². The molecule has 3 N–H and O–H groups in total. The molecule has 1 rings (SSSR count). The van der Waals surface area contributed by atoms with Gasteiger partial charge < -0.3 is 19.9 Å². The second kappa shape index (κ2) is 7.92. The zero-order valence-corrected chi connectivity index (χ0v) is 12.2. The van der Waals surface area contributed by atoms with Gasteiger partial charge in [-0.25, -0.2) is 9.59 Å². The standard InChI is InChI=1S/C13H14F2N2O6/c1-6(10(18)17-13(16)20)22-11(19)7-3-4-8(23-12(14)15)9(5-7)21-2/h3-6,12H,1-2H3,(H3,16,17,18,20)/t6-/m1/s1. The van der Waals surface area contributed by atoms with Gasteiger partial charge in [0.15, 0.2) is 17.6 Å². The van der Waals surface area contributed by atoms with Gasteiger partial charge in [-0.1, -0.05) is 0 Å². The van der Waals surface area contributed by atoms with Crippen molar-refractivity contribution in [1.29, 1.82) is 0 Å². The maximum atomic E-state index is 12.2. The molecule has 126 valence electrons. The first kappa shape index (κ1) is 18.1. The van der Waals surface area contributed by atoms with E-state index in [0.717, 1.165) is 18.2 Å². The molecule has 10 heteroatoms. The molecule has 0 unspecified atom stereocenters. The normalized spacial score (nSPS) is 11.5. The maximum absolute atomic E-state index is 12.2. The number of methoxy groups -OCH3 is 1. The number of ether oxygens (including phenoxy) is 3. The third kappa shape index (κ3) is 5.41. The van der Waals surface area contributed by atoms with E-state index in [2.05, 4.69) is 4.74 Å². The first-order valence-corrected chi connectivity index (χ1v) is 6.18. The van der Waals surface area contributed by atoms with Crippen LogP contribution < -0.4 is 20.5 Å². The van der Waals surface area contributed by atoms with E-state index < -0.39 is 30.6 Å². The zero-order chi connectivity index (χ0) is 17.6. The molecule has 0 aliphatic carbocycles. The monoisotopic (exact) mass is 332 g/mol. The van der Waals surface area contributed by atoms with Gasteiger partial charge in [0.2, 0.25) is 0 Å². The Morgan fingerprint density at radius 1 is 1.22 bits per heavy atom. The van der Waals surface area contributed by atoms with Crippen LogP contribution >= 0.6 is 0 Å². The van der Waals surface area contributed by atoms with Gasteiger partial charge in [-0.2, -0.15) is 8.78 Å². The van der Waals surface area contributed by atoms with Crippen molar-refractivity contribution >= 4 is 17.9 Å². The van der Waals surface area contributed by atoms with E-state index in [9.17, 15) is 23.2 Å². The molecular weight excluding hydrogens is 318 g/mol. The van der Waals surface area contributed by atoms with E-state index in [1.807, 2.05) is 0 Å².